The highest BCUT2D eigenvalue weighted by Crippen LogP contribution is 2.35. The maximum Gasteiger partial charge on any atom is 0.225 e. The summed E-state index contributed by atoms with van der Waals surface area (Å²) in [7, 11) is 3.07. The fourth-order valence-corrected chi connectivity index (χ4v) is 2.86. The van der Waals surface area contributed by atoms with E-state index in [2.05, 4.69) is 22.5 Å². The van der Waals surface area contributed by atoms with Crippen molar-refractivity contribution in [3.63, 3.8) is 0 Å². The average Bonchev–Trinajstić information content (AvgIpc) is 2.55. The van der Waals surface area contributed by atoms with Gasteiger partial charge >= 0.3 is 0 Å². The lowest BCUT2D eigenvalue weighted by Gasteiger charge is -2.33. The zero-order valence-corrected chi connectivity index (χ0v) is 14.6. The summed E-state index contributed by atoms with van der Waals surface area (Å²) in [6, 6.07) is 3.75. The minimum absolute atomic E-state index is 0.0570. The minimum Gasteiger partial charge on any atom is -0.495 e. The van der Waals surface area contributed by atoms with E-state index in [1.54, 1.807) is 12.1 Å². The van der Waals surface area contributed by atoms with Gasteiger partial charge in [0.1, 0.15) is 11.5 Å². The molecule has 0 bridgehead atoms. The normalized spacial score (nSPS) is 18.5. The Kier molecular flexibility index (Phi) is 6.50. The minimum atomic E-state index is -0.0570. The summed E-state index contributed by atoms with van der Waals surface area (Å²) >= 11 is 6.07. The lowest BCUT2D eigenvalue weighted by atomic mass is 10.2. The molecule has 1 fully saturated rings. The first-order chi connectivity index (χ1) is 11.0. The molecule has 1 aliphatic heterocycles. The van der Waals surface area contributed by atoms with Gasteiger partial charge in [-0.25, -0.2) is 0 Å². The second-order valence-electron chi connectivity index (χ2n) is 5.57. The van der Waals surface area contributed by atoms with Crippen molar-refractivity contribution >= 4 is 23.2 Å². The lowest BCUT2D eigenvalue weighted by Crippen LogP contribution is -2.50. The van der Waals surface area contributed by atoms with Crippen LogP contribution in [0.3, 0.4) is 0 Å². The molecular formula is C16H24ClN3O3. The van der Waals surface area contributed by atoms with Crippen LogP contribution < -0.4 is 20.1 Å². The summed E-state index contributed by atoms with van der Waals surface area (Å²) in [5, 5.41) is 6.65. The number of carbonyl (C=O) groups is 1. The van der Waals surface area contributed by atoms with Gasteiger partial charge in [0.25, 0.3) is 0 Å². The molecule has 0 aromatic heterocycles. The molecule has 0 radical (unpaired) electrons. The van der Waals surface area contributed by atoms with E-state index in [4.69, 9.17) is 21.1 Å². The monoisotopic (exact) mass is 341 g/mol. The van der Waals surface area contributed by atoms with Crippen LogP contribution in [0.25, 0.3) is 0 Å². The van der Waals surface area contributed by atoms with Crippen molar-refractivity contribution in [1.82, 2.24) is 10.2 Å². The highest BCUT2D eigenvalue weighted by Gasteiger charge is 2.19. The first kappa shape index (κ1) is 17.8. The number of benzene rings is 1. The van der Waals surface area contributed by atoms with Crippen molar-refractivity contribution in [3.05, 3.63) is 17.2 Å². The number of nitrogens with one attached hydrogen (secondary N) is 2. The molecule has 23 heavy (non-hydrogen) atoms. The number of hydrogen-bond donors (Lipinski definition) is 2. The van der Waals surface area contributed by atoms with Gasteiger partial charge in [0.2, 0.25) is 5.91 Å². The number of piperazine rings is 1. The van der Waals surface area contributed by atoms with Gasteiger partial charge in [-0.3, -0.25) is 9.69 Å². The number of anilines is 1. The van der Waals surface area contributed by atoms with E-state index < -0.39 is 0 Å². The molecule has 0 unspecified atom stereocenters. The summed E-state index contributed by atoms with van der Waals surface area (Å²) in [4.78, 5) is 14.5. The van der Waals surface area contributed by atoms with Crippen LogP contribution in [0, 0.1) is 0 Å². The summed E-state index contributed by atoms with van der Waals surface area (Å²) in [5.74, 6) is 0.955. The first-order valence-corrected chi connectivity index (χ1v) is 8.09. The van der Waals surface area contributed by atoms with Crippen LogP contribution in [0.2, 0.25) is 5.02 Å². The molecule has 1 atom stereocenters. The number of ether oxygens (including phenoxy) is 2. The molecule has 0 aliphatic carbocycles. The van der Waals surface area contributed by atoms with Crippen molar-refractivity contribution in [1.29, 1.82) is 0 Å². The summed E-state index contributed by atoms with van der Waals surface area (Å²) in [5.41, 5.74) is 0.562. The number of carbonyl (C=O) groups excluding carboxylic acids is 1. The molecule has 1 aromatic rings. The van der Waals surface area contributed by atoms with Crippen LogP contribution in [0.1, 0.15) is 13.3 Å². The zero-order chi connectivity index (χ0) is 16.8. The van der Waals surface area contributed by atoms with Gasteiger partial charge in [0.15, 0.2) is 0 Å². The van der Waals surface area contributed by atoms with Crippen molar-refractivity contribution < 1.29 is 14.3 Å². The average molecular weight is 342 g/mol. The van der Waals surface area contributed by atoms with E-state index in [1.807, 2.05) is 0 Å². The van der Waals surface area contributed by atoms with Crippen LogP contribution in [-0.4, -0.2) is 57.2 Å². The highest BCUT2D eigenvalue weighted by molar-refractivity contribution is 6.32. The Morgan fingerprint density at radius 2 is 2.13 bits per heavy atom. The molecule has 128 valence electrons. The Morgan fingerprint density at radius 3 is 2.78 bits per heavy atom. The summed E-state index contributed by atoms with van der Waals surface area (Å²) in [6.07, 6.45) is 0.429. The molecule has 7 heteroatoms. The Bertz CT molecular complexity index is 554. The van der Waals surface area contributed by atoms with E-state index >= 15 is 0 Å². The second kappa shape index (κ2) is 8.38. The Morgan fingerprint density at radius 1 is 1.39 bits per heavy atom. The van der Waals surface area contributed by atoms with Gasteiger partial charge in [-0.2, -0.15) is 0 Å². The number of amides is 1. The molecule has 0 saturated carbocycles. The van der Waals surface area contributed by atoms with Crippen LogP contribution in [-0.2, 0) is 4.79 Å². The highest BCUT2D eigenvalue weighted by atomic mass is 35.5. The predicted octanol–water partition coefficient (Wildman–Crippen LogP) is 1.98. The SMILES string of the molecule is COc1cc(NC(=O)CCN2CCNC[C@H]2C)c(OC)cc1Cl. The van der Waals surface area contributed by atoms with E-state index in [0.717, 1.165) is 26.2 Å². The Hall–Kier alpha value is -1.50. The molecule has 2 rings (SSSR count). The quantitative estimate of drug-likeness (QED) is 0.828. The van der Waals surface area contributed by atoms with Crippen LogP contribution >= 0.6 is 11.6 Å². The van der Waals surface area contributed by atoms with Crippen molar-refractivity contribution in [3.8, 4) is 11.5 Å². The van der Waals surface area contributed by atoms with E-state index in [0.29, 0.717) is 34.7 Å². The van der Waals surface area contributed by atoms with E-state index in [9.17, 15) is 4.79 Å². The Balaban J connectivity index is 1.96. The molecule has 1 aromatic carbocycles. The van der Waals surface area contributed by atoms with Gasteiger partial charge in [-0.1, -0.05) is 11.6 Å². The van der Waals surface area contributed by atoms with Gasteiger partial charge in [-0.05, 0) is 6.92 Å². The number of hydrogen-bond acceptors (Lipinski definition) is 5. The number of nitrogens with zero attached hydrogens (tertiary/aromatic N) is 1. The molecule has 6 nitrogen and oxygen atoms in total. The predicted molar refractivity (Wildman–Crippen MR) is 91.7 cm³/mol. The third kappa shape index (κ3) is 4.73. The molecule has 1 heterocycles. The van der Waals surface area contributed by atoms with Gasteiger partial charge < -0.3 is 20.1 Å². The molecule has 1 aliphatic rings. The van der Waals surface area contributed by atoms with Crippen LogP contribution in [0.15, 0.2) is 12.1 Å². The molecule has 1 amide bonds. The number of methoxy groups -OCH3 is 2. The Labute approximate surface area is 142 Å². The van der Waals surface area contributed by atoms with E-state index in [-0.39, 0.29) is 5.91 Å². The van der Waals surface area contributed by atoms with Crippen molar-refractivity contribution in [2.24, 2.45) is 0 Å². The largest absolute Gasteiger partial charge is 0.495 e. The van der Waals surface area contributed by atoms with Crippen molar-refractivity contribution in [2.45, 2.75) is 19.4 Å². The third-order valence-corrected chi connectivity index (χ3v) is 4.31. The zero-order valence-electron chi connectivity index (χ0n) is 13.8. The maximum absolute atomic E-state index is 12.2. The van der Waals surface area contributed by atoms with Gasteiger partial charge in [0, 0.05) is 50.8 Å². The molecule has 0 spiro atoms. The third-order valence-electron chi connectivity index (χ3n) is 4.01. The topological polar surface area (TPSA) is 62.8 Å². The summed E-state index contributed by atoms with van der Waals surface area (Å²) in [6.45, 7) is 5.80. The number of halogens is 1. The fourth-order valence-electron chi connectivity index (χ4n) is 2.63. The van der Waals surface area contributed by atoms with E-state index in [1.165, 1.54) is 14.2 Å². The second-order valence-corrected chi connectivity index (χ2v) is 5.98. The maximum atomic E-state index is 12.2. The van der Waals surface area contributed by atoms with Crippen LogP contribution in [0.4, 0.5) is 5.69 Å². The van der Waals surface area contributed by atoms with Gasteiger partial charge in [0.05, 0.1) is 24.9 Å². The van der Waals surface area contributed by atoms with Gasteiger partial charge in [-0.15, -0.1) is 0 Å². The smallest absolute Gasteiger partial charge is 0.225 e. The summed E-state index contributed by atoms with van der Waals surface area (Å²) < 4.78 is 10.4. The van der Waals surface area contributed by atoms with Crippen LogP contribution in [0.5, 0.6) is 11.5 Å². The standard InChI is InChI=1S/C16H24ClN3O3/c1-11-10-18-5-7-20(11)6-4-16(21)19-13-9-14(22-2)12(17)8-15(13)23-3/h8-9,11,18H,4-7,10H2,1-3H3,(H,19,21)/t11-/m1/s1. The fraction of sp³-hybridized carbons (Fsp3) is 0.562. The van der Waals surface area contributed by atoms with Crippen molar-refractivity contribution in [2.75, 3.05) is 45.7 Å². The molecule has 2 N–H and O–H groups in total. The molecular weight excluding hydrogens is 318 g/mol. The molecule has 1 saturated heterocycles. The first-order valence-electron chi connectivity index (χ1n) is 7.71. The number of rotatable bonds is 6. The lowest BCUT2D eigenvalue weighted by molar-refractivity contribution is -0.116.